The van der Waals surface area contributed by atoms with Gasteiger partial charge in [0.05, 0.1) is 22.2 Å². The first-order valence-electron chi connectivity index (χ1n) is 7.80. The first-order chi connectivity index (χ1) is 12.8. The standard InChI is InChI=1S/C19H14FN3O3S/c1-12-9-15(27(24,25)26)10-18(22-12)23-19-16(3-2-4-17(19)20)14-7-5-13(11-21)6-8-14/h2-10H,1H3,(H,22,23)(H,24,25,26). The summed E-state index contributed by atoms with van der Waals surface area (Å²) in [6.45, 7) is 1.56. The Balaban J connectivity index is 2.08. The van der Waals surface area contributed by atoms with Crippen LogP contribution in [0.2, 0.25) is 0 Å². The molecule has 2 aromatic carbocycles. The fourth-order valence-electron chi connectivity index (χ4n) is 2.59. The van der Waals surface area contributed by atoms with Gasteiger partial charge in [-0.2, -0.15) is 13.7 Å². The monoisotopic (exact) mass is 383 g/mol. The lowest BCUT2D eigenvalue weighted by Gasteiger charge is -2.14. The van der Waals surface area contributed by atoms with Crippen molar-refractivity contribution in [1.29, 1.82) is 5.26 Å². The number of aromatic nitrogens is 1. The summed E-state index contributed by atoms with van der Waals surface area (Å²) in [7, 11) is -4.42. The molecule has 1 aromatic heterocycles. The van der Waals surface area contributed by atoms with Crippen molar-refractivity contribution in [3.8, 4) is 17.2 Å². The van der Waals surface area contributed by atoms with Gasteiger partial charge >= 0.3 is 0 Å². The third-order valence-corrected chi connectivity index (χ3v) is 4.65. The second-order valence-electron chi connectivity index (χ2n) is 5.78. The molecule has 1 heterocycles. The minimum Gasteiger partial charge on any atom is -0.337 e. The summed E-state index contributed by atoms with van der Waals surface area (Å²) in [5.74, 6) is -0.490. The topological polar surface area (TPSA) is 103 Å². The van der Waals surface area contributed by atoms with Gasteiger partial charge in [-0.3, -0.25) is 4.55 Å². The van der Waals surface area contributed by atoms with E-state index in [1.807, 2.05) is 6.07 Å². The summed E-state index contributed by atoms with van der Waals surface area (Å²) < 4.78 is 46.6. The Labute approximate surface area is 155 Å². The number of nitrogens with zero attached hydrogens (tertiary/aromatic N) is 2. The molecule has 2 N–H and O–H groups in total. The number of para-hydroxylation sites is 1. The molecule has 0 amide bonds. The fourth-order valence-corrected chi connectivity index (χ4v) is 3.17. The lowest BCUT2D eigenvalue weighted by atomic mass is 10.0. The van der Waals surface area contributed by atoms with Crippen LogP contribution in [0.3, 0.4) is 0 Å². The highest BCUT2D eigenvalue weighted by Crippen LogP contribution is 2.33. The van der Waals surface area contributed by atoms with Gasteiger partial charge in [-0.25, -0.2) is 9.37 Å². The maximum absolute atomic E-state index is 14.5. The number of hydrogen-bond donors (Lipinski definition) is 2. The van der Waals surface area contributed by atoms with Crippen molar-refractivity contribution >= 4 is 21.6 Å². The van der Waals surface area contributed by atoms with Crippen LogP contribution in [-0.2, 0) is 10.1 Å². The Morgan fingerprint density at radius 1 is 1.15 bits per heavy atom. The molecule has 6 nitrogen and oxygen atoms in total. The zero-order valence-corrected chi connectivity index (χ0v) is 15.0. The molecular formula is C19H14FN3O3S. The number of aryl methyl sites for hydroxylation is 1. The van der Waals surface area contributed by atoms with Crippen molar-refractivity contribution < 1.29 is 17.4 Å². The van der Waals surface area contributed by atoms with Crippen molar-refractivity contribution in [3.05, 3.63) is 71.7 Å². The molecule has 3 rings (SSSR count). The van der Waals surface area contributed by atoms with Crippen molar-refractivity contribution in [2.45, 2.75) is 11.8 Å². The molecule has 0 saturated carbocycles. The highest BCUT2D eigenvalue weighted by atomic mass is 32.2. The van der Waals surface area contributed by atoms with Gasteiger partial charge < -0.3 is 5.32 Å². The second-order valence-corrected chi connectivity index (χ2v) is 7.20. The predicted molar refractivity (Wildman–Crippen MR) is 98.6 cm³/mol. The molecule has 27 heavy (non-hydrogen) atoms. The number of rotatable bonds is 4. The molecule has 0 unspecified atom stereocenters. The van der Waals surface area contributed by atoms with E-state index in [4.69, 9.17) is 5.26 Å². The van der Waals surface area contributed by atoms with Crippen LogP contribution in [0.15, 0.2) is 59.5 Å². The molecule has 0 bridgehead atoms. The highest BCUT2D eigenvalue weighted by molar-refractivity contribution is 7.85. The zero-order chi connectivity index (χ0) is 19.6. The third kappa shape index (κ3) is 4.11. The van der Waals surface area contributed by atoms with Gasteiger partial charge in [0.15, 0.2) is 0 Å². The van der Waals surface area contributed by atoms with E-state index in [2.05, 4.69) is 10.3 Å². The van der Waals surface area contributed by atoms with Crippen molar-refractivity contribution in [3.63, 3.8) is 0 Å². The van der Waals surface area contributed by atoms with E-state index < -0.39 is 15.9 Å². The average molecular weight is 383 g/mol. The number of benzene rings is 2. The maximum Gasteiger partial charge on any atom is 0.294 e. The van der Waals surface area contributed by atoms with Crippen LogP contribution in [0.4, 0.5) is 15.9 Å². The highest BCUT2D eigenvalue weighted by Gasteiger charge is 2.15. The normalized spacial score (nSPS) is 11.0. The Kier molecular flexibility index (Phi) is 4.90. The number of nitriles is 1. The number of hydrogen-bond acceptors (Lipinski definition) is 5. The molecule has 3 aromatic rings. The molecule has 0 saturated heterocycles. The number of pyridine rings is 1. The van der Waals surface area contributed by atoms with E-state index in [9.17, 15) is 17.4 Å². The largest absolute Gasteiger partial charge is 0.337 e. The summed E-state index contributed by atoms with van der Waals surface area (Å²) in [6.07, 6.45) is 0. The molecule has 136 valence electrons. The Hall–Kier alpha value is -3.28. The average Bonchev–Trinajstić information content (AvgIpc) is 2.62. The van der Waals surface area contributed by atoms with Gasteiger partial charge in [0.2, 0.25) is 0 Å². The third-order valence-electron chi connectivity index (χ3n) is 3.82. The van der Waals surface area contributed by atoms with Gasteiger partial charge in [-0.05, 0) is 36.8 Å². The van der Waals surface area contributed by atoms with E-state index in [1.165, 1.54) is 12.1 Å². The Morgan fingerprint density at radius 2 is 1.85 bits per heavy atom. The first-order valence-corrected chi connectivity index (χ1v) is 9.24. The quantitative estimate of drug-likeness (QED) is 0.659. The SMILES string of the molecule is Cc1cc(S(=O)(=O)O)cc(Nc2c(F)cccc2-c2ccc(C#N)cc2)n1. The van der Waals surface area contributed by atoms with Crippen LogP contribution in [0.5, 0.6) is 0 Å². The number of halogens is 1. The Morgan fingerprint density at radius 3 is 2.48 bits per heavy atom. The van der Waals surface area contributed by atoms with Gasteiger partial charge in [0, 0.05) is 17.3 Å². The second kappa shape index (κ2) is 7.15. The summed E-state index contributed by atoms with van der Waals surface area (Å²) in [6, 6.07) is 15.4. The molecule has 0 fully saturated rings. The fraction of sp³-hybridized carbons (Fsp3) is 0.0526. The van der Waals surface area contributed by atoms with Crippen LogP contribution in [0.25, 0.3) is 11.1 Å². The van der Waals surface area contributed by atoms with E-state index in [1.54, 1.807) is 43.3 Å². The number of nitrogens with one attached hydrogen (secondary N) is 1. The molecule has 0 aliphatic rings. The van der Waals surface area contributed by atoms with Crippen LogP contribution in [-0.4, -0.2) is 18.0 Å². The van der Waals surface area contributed by atoms with Crippen molar-refractivity contribution in [2.75, 3.05) is 5.32 Å². The minimum absolute atomic E-state index is 0.0719. The molecule has 0 radical (unpaired) electrons. The molecule has 8 heteroatoms. The van der Waals surface area contributed by atoms with E-state index >= 15 is 0 Å². The predicted octanol–water partition coefficient (Wildman–Crippen LogP) is 4.06. The van der Waals surface area contributed by atoms with Gasteiger partial charge in [0.25, 0.3) is 10.1 Å². The van der Waals surface area contributed by atoms with Crippen LogP contribution < -0.4 is 5.32 Å². The molecule has 0 aliphatic carbocycles. The van der Waals surface area contributed by atoms with Gasteiger partial charge in [-0.1, -0.05) is 24.3 Å². The molecule has 0 spiro atoms. The molecule has 0 atom stereocenters. The lowest BCUT2D eigenvalue weighted by Crippen LogP contribution is -2.04. The molecule has 0 aliphatic heterocycles. The van der Waals surface area contributed by atoms with Crippen LogP contribution >= 0.6 is 0 Å². The summed E-state index contributed by atoms with van der Waals surface area (Å²) in [4.78, 5) is 3.81. The van der Waals surface area contributed by atoms with Crippen molar-refractivity contribution in [1.82, 2.24) is 4.98 Å². The maximum atomic E-state index is 14.5. The summed E-state index contributed by atoms with van der Waals surface area (Å²) in [5.41, 5.74) is 2.09. The lowest BCUT2D eigenvalue weighted by molar-refractivity contribution is 0.483. The molecular weight excluding hydrogens is 369 g/mol. The zero-order valence-electron chi connectivity index (χ0n) is 14.1. The van der Waals surface area contributed by atoms with Crippen LogP contribution in [0.1, 0.15) is 11.3 Å². The first kappa shape index (κ1) is 18.5. The smallest absolute Gasteiger partial charge is 0.294 e. The van der Waals surface area contributed by atoms with Crippen LogP contribution in [0, 0.1) is 24.1 Å². The summed E-state index contributed by atoms with van der Waals surface area (Å²) in [5, 5.41) is 11.7. The van der Waals surface area contributed by atoms with E-state index in [-0.39, 0.29) is 16.4 Å². The van der Waals surface area contributed by atoms with E-state index in [0.717, 1.165) is 6.07 Å². The minimum atomic E-state index is -4.42. The van der Waals surface area contributed by atoms with E-state index in [0.29, 0.717) is 22.4 Å². The van der Waals surface area contributed by atoms with Gasteiger partial charge in [0.1, 0.15) is 11.6 Å². The Bertz CT molecular complexity index is 1150. The van der Waals surface area contributed by atoms with Gasteiger partial charge in [-0.15, -0.1) is 0 Å². The number of anilines is 2. The van der Waals surface area contributed by atoms with Crippen molar-refractivity contribution in [2.24, 2.45) is 0 Å². The summed E-state index contributed by atoms with van der Waals surface area (Å²) >= 11 is 0.